The van der Waals surface area contributed by atoms with Crippen LogP contribution in [0.5, 0.6) is 0 Å². The molecule has 61 heavy (non-hydrogen) atoms. The zero-order valence-electron chi connectivity index (χ0n) is 36.7. The van der Waals surface area contributed by atoms with Gasteiger partial charge in [-0.15, -0.1) is 0 Å². The number of hydrogen-bond acceptors (Lipinski definition) is 7. The summed E-state index contributed by atoms with van der Waals surface area (Å²) in [5.41, 5.74) is 11.3. The van der Waals surface area contributed by atoms with E-state index in [-0.39, 0.29) is 30.0 Å². The largest absolute Gasteiger partial charge is 0.444 e. The molecule has 5 aromatic rings. The van der Waals surface area contributed by atoms with E-state index in [4.69, 9.17) is 14.7 Å². The van der Waals surface area contributed by atoms with Crippen LogP contribution in [-0.2, 0) is 19.1 Å². The van der Waals surface area contributed by atoms with E-state index < -0.39 is 11.6 Å². The lowest BCUT2D eigenvalue weighted by Gasteiger charge is -2.30. The highest BCUT2D eigenvalue weighted by Crippen LogP contribution is 2.58. The molecule has 6 atom stereocenters. The van der Waals surface area contributed by atoms with Gasteiger partial charge in [0.15, 0.2) is 0 Å². The van der Waals surface area contributed by atoms with E-state index >= 15 is 0 Å². The Labute approximate surface area is 359 Å². The van der Waals surface area contributed by atoms with Crippen molar-refractivity contribution in [1.29, 1.82) is 0 Å². The van der Waals surface area contributed by atoms with Gasteiger partial charge in [0, 0.05) is 27.3 Å². The SMILES string of the molecule is CC[C@H](C)C(NC=O)C(=O)N1CCC[C@H]1c1nc2ccc(-c3ccc(-c4ccc(-c5cnc(C6CCCN6C(=O)OC(C)(C)C)[nH]5)cc4)c4c3C3CCC4C3)cc2[nH]1.COC. The minimum Gasteiger partial charge on any atom is -0.444 e. The van der Waals surface area contributed by atoms with Crippen molar-refractivity contribution in [2.75, 3.05) is 27.3 Å². The second kappa shape index (κ2) is 17.5. The second-order valence-corrected chi connectivity index (χ2v) is 18.4. The first-order valence-corrected chi connectivity index (χ1v) is 22.1. The van der Waals surface area contributed by atoms with Crippen LogP contribution in [0.15, 0.2) is 60.8 Å². The third kappa shape index (κ3) is 8.31. The average molecular weight is 828 g/mol. The molecule has 0 radical (unpaired) electrons. The molecule has 12 heteroatoms. The van der Waals surface area contributed by atoms with Crippen LogP contribution in [0.1, 0.15) is 133 Å². The molecule has 4 heterocycles. The van der Waals surface area contributed by atoms with Crippen LogP contribution < -0.4 is 5.32 Å². The number of amides is 3. The van der Waals surface area contributed by atoms with Gasteiger partial charge >= 0.3 is 6.09 Å². The Hall–Kier alpha value is -5.49. The van der Waals surface area contributed by atoms with E-state index in [1.54, 1.807) is 19.1 Å². The van der Waals surface area contributed by atoms with Crippen molar-refractivity contribution < 1.29 is 23.9 Å². The summed E-state index contributed by atoms with van der Waals surface area (Å²) in [6.07, 6.45) is 10.2. The topological polar surface area (TPSA) is 146 Å². The summed E-state index contributed by atoms with van der Waals surface area (Å²) in [6, 6.07) is 19.2. The number of rotatable bonds is 10. The number of methoxy groups -OCH3 is 1. The number of carbonyl (C=O) groups is 3. The van der Waals surface area contributed by atoms with E-state index in [9.17, 15) is 14.4 Å². The molecule has 2 saturated heterocycles. The molecule has 1 saturated carbocycles. The zero-order valence-corrected chi connectivity index (χ0v) is 36.7. The summed E-state index contributed by atoms with van der Waals surface area (Å²) in [7, 11) is 3.25. The molecular formula is C49H61N7O5. The standard InChI is InChI=1S/C47H55N7O4.C2H6O/c1-6-27(2)42(49-26-55)45(56)53-21-7-10-39(53)44-50-35-20-17-30(24-36(35)51-44)34-19-18-33(40-31-15-16-32(23-31)41(34)40)28-11-13-29(14-12-28)37-25-48-43(52-37)38-9-8-22-54(38)46(57)58-47(3,4)5;1-3-2/h11-14,17-20,24-27,31-32,38-39,42H,6-10,15-16,21-23H2,1-5H3,(H,48,52)(H,49,55)(H,50,51);1-2H3/t27-,31?,32?,38?,39-,42?;/m0./s1. The molecule has 322 valence electrons. The number of nitrogens with zero attached hydrogens (tertiary/aromatic N) is 4. The molecule has 2 bridgehead atoms. The first kappa shape index (κ1) is 42.2. The Morgan fingerprint density at radius 3 is 2.10 bits per heavy atom. The maximum absolute atomic E-state index is 13.7. The van der Waals surface area contributed by atoms with Gasteiger partial charge in [-0.1, -0.05) is 62.7 Å². The van der Waals surface area contributed by atoms with Gasteiger partial charge in [-0.05, 0) is 135 Å². The number of H-pyrrole nitrogens is 2. The summed E-state index contributed by atoms with van der Waals surface area (Å²) in [6.45, 7) is 11.1. The van der Waals surface area contributed by atoms with E-state index in [0.717, 1.165) is 66.0 Å². The minimum absolute atomic E-state index is 0.0339. The lowest BCUT2D eigenvalue weighted by Crippen LogP contribution is -2.49. The zero-order chi connectivity index (χ0) is 43.0. The number of aromatic nitrogens is 4. The molecule has 2 aliphatic carbocycles. The molecule has 2 aliphatic heterocycles. The predicted molar refractivity (Wildman–Crippen MR) is 238 cm³/mol. The van der Waals surface area contributed by atoms with Crippen LogP contribution in [0.4, 0.5) is 4.79 Å². The maximum Gasteiger partial charge on any atom is 0.410 e. The summed E-state index contributed by atoms with van der Waals surface area (Å²) in [4.78, 5) is 58.6. The third-order valence-electron chi connectivity index (χ3n) is 13.2. The summed E-state index contributed by atoms with van der Waals surface area (Å²) in [5.74, 6) is 2.73. The number of ether oxygens (including phenoxy) is 2. The Morgan fingerprint density at radius 2 is 1.46 bits per heavy atom. The van der Waals surface area contributed by atoms with Crippen LogP contribution in [0.3, 0.4) is 0 Å². The highest BCUT2D eigenvalue weighted by molar-refractivity contribution is 5.87. The van der Waals surface area contributed by atoms with Crippen molar-refractivity contribution in [3.63, 3.8) is 0 Å². The van der Waals surface area contributed by atoms with Crippen molar-refractivity contribution in [2.45, 2.75) is 122 Å². The molecule has 2 aromatic heterocycles. The number of aromatic amines is 2. The van der Waals surface area contributed by atoms with E-state index in [1.807, 2.05) is 45.7 Å². The van der Waals surface area contributed by atoms with Gasteiger partial charge < -0.3 is 29.7 Å². The lowest BCUT2D eigenvalue weighted by atomic mass is 9.81. The third-order valence-corrected chi connectivity index (χ3v) is 13.2. The fraction of sp³-hybridized carbons (Fsp3) is 0.490. The Morgan fingerprint density at radius 1 is 0.852 bits per heavy atom. The van der Waals surface area contributed by atoms with E-state index in [2.05, 4.69) is 74.6 Å². The normalized spacial score (nSPS) is 21.6. The Balaban J connectivity index is 0.00000166. The molecule has 3 fully saturated rings. The molecule has 3 aromatic carbocycles. The summed E-state index contributed by atoms with van der Waals surface area (Å²) >= 11 is 0. The monoisotopic (exact) mass is 827 g/mol. The van der Waals surface area contributed by atoms with Crippen molar-refractivity contribution >= 4 is 29.4 Å². The van der Waals surface area contributed by atoms with Gasteiger partial charge in [-0.2, -0.15) is 0 Å². The average Bonchev–Trinajstić information content (AvgIpc) is 4.11. The molecule has 3 N–H and O–H groups in total. The van der Waals surface area contributed by atoms with Crippen molar-refractivity contribution in [1.82, 2.24) is 35.1 Å². The number of benzene rings is 3. The Bertz CT molecular complexity index is 2380. The maximum atomic E-state index is 13.7. The van der Waals surface area contributed by atoms with Crippen LogP contribution >= 0.6 is 0 Å². The van der Waals surface area contributed by atoms with Gasteiger partial charge in [0.25, 0.3) is 0 Å². The van der Waals surface area contributed by atoms with Crippen molar-refractivity contribution in [3.8, 4) is 33.5 Å². The molecule has 12 nitrogen and oxygen atoms in total. The highest BCUT2D eigenvalue weighted by Gasteiger charge is 2.41. The quantitative estimate of drug-likeness (QED) is 0.119. The number of hydrogen-bond donors (Lipinski definition) is 3. The first-order valence-electron chi connectivity index (χ1n) is 22.1. The van der Waals surface area contributed by atoms with Crippen LogP contribution in [0, 0.1) is 5.92 Å². The number of carbonyl (C=O) groups excluding carboxylic acids is 3. The summed E-state index contributed by atoms with van der Waals surface area (Å²) < 4.78 is 9.94. The highest BCUT2D eigenvalue weighted by atomic mass is 16.6. The smallest absolute Gasteiger partial charge is 0.410 e. The number of fused-ring (bicyclic) bond motifs is 6. The van der Waals surface area contributed by atoms with Gasteiger partial charge in [0.2, 0.25) is 12.3 Å². The fourth-order valence-corrected chi connectivity index (χ4v) is 10.2. The van der Waals surface area contributed by atoms with Crippen LogP contribution in [0.2, 0.25) is 0 Å². The van der Waals surface area contributed by atoms with Crippen molar-refractivity contribution in [2.24, 2.45) is 5.92 Å². The number of imidazole rings is 2. The Kier molecular flexibility index (Phi) is 12.1. The van der Waals surface area contributed by atoms with Gasteiger partial charge in [0.1, 0.15) is 23.3 Å². The van der Waals surface area contributed by atoms with Crippen molar-refractivity contribution in [3.05, 3.63) is 83.6 Å². The fourth-order valence-electron chi connectivity index (χ4n) is 10.2. The van der Waals surface area contributed by atoms with E-state index in [0.29, 0.717) is 31.3 Å². The molecule has 3 amide bonds. The molecule has 0 spiro atoms. The van der Waals surface area contributed by atoms with Gasteiger partial charge in [-0.3, -0.25) is 14.5 Å². The van der Waals surface area contributed by atoms with Gasteiger partial charge in [-0.25, -0.2) is 14.8 Å². The molecule has 4 unspecified atom stereocenters. The van der Waals surface area contributed by atoms with Crippen LogP contribution in [0.25, 0.3) is 44.5 Å². The molecular weight excluding hydrogens is 767 g/mol. The van der Waals surface area contributed by atoms with E-state index in [1.165, 1.54) is 52.6 Å². The molecule has 4 aliphatic rings. The second-order valence-electron chi connectivity index (χ2n) is 18.4. The minimum atomic E-state index is -0.544. The summed E-state index contributed by atoms with van der Waals surface area (Å²) in [5, 5.41) is 2.79. The van der Waals surface area contributed by atoms with Gasteiger partial charge in [0.05, 0.1) is 35.0 Å². The predicted octanol–water partition coefficient (Wildman–Crippen LogP) is 9.81. The molecule has 9 rings (SSSR count). The first-order chi connectivity index (χ1) is 29.4. The number of nitrogens with one attached hydrogen (secondary N) is 3. The van der Waals surface area contributed by atoms with Crippen LogP contribution in [-0.4, -0.2) is 87.1 Å². The number of likely N-dealkylation sites (tertiary alicyclic amines) is 2. The lowest BCUT2D eigenvalue weighted by molar-refractivity contribution is -0.137.